The second-order valence-electron chi connectivity index (χ2n) is 10.9. The number of morpholine rings is 1. The first-order chi connectivity index (χ1) is 21.0. The minimum Gasteiger partial charge on any atom is -0.507 e. The second-order valence-corrected chi connectivity index (χ2v) is 10.9. The molecule has 8 nitrogen and oxygen atoms in total. The Kier molecular flexibility index (Phi) is 10.5. The molecule has 226 valence electrons. The van der Waals surface area contributed by atoms with Crippen molar-refractivity contribution in [3.05, 3.63) is 101 Å². The highest BCUT2D eigenvalue weighted by Crippen LogP contribution is 2.40. The number of aliphatic hydroxyl groups excluding tert-OH is 1. The fourth-order valence-corrected chi connectivity index (χ4v) is 5.42. The highest BCUT2D eigenvalue weighted by atomic mass is 16.5. The molecule has 2 heterocycles. The molecule has 43 heavy (non-hydrogen) atoms. The summed E-state index contributed by atoms with van der Waals surface area (Å²) in [6.45, 7) is 7.01. The Morgan fingerprint density at radius 2 is 1.53 bits per heavy atom. The lowest BCUT2D eigenvalue weighted by molar-refractivity contribution is -0.140. The smallest absolute Gasteiger partial charge is 0.295 e. The molecule has 0 spiro atoms. The maximum Gasteiger partial charge on any atom is 0.295 e. The van der Waals surface area contributed by atoms with E-state index >= 15 is 0 Å². The third-order valence-electron chi connectivity index (χ3n) is 7.89. The van der Waals surface area contributed by atoms with Gasteiger partial charge in [-0.25, -0.2) is 0 Å². The molecule has 3 aromatic rings. The second kappa shape index (κ2) is 14.8. The zero-order chi connectivity index (χ0) is 30.0. The largest absolute Gasteiger partial charge is 0.507 e. The van der Waals surface area contributed by atoms with Gasteiger partial charge in [0, 0.05) is 31.7 Å². The van der Waals surface area contributed by atoms with Gasteiger partial charge in [-0.2, -0.15) is 0 Å². The number of Topliss-reactive ketones (excluding diaryl/α,β-unsaturated/α-hetero) is 1. The lowest BCUT2D eigenvalue weighted by Gasteiger charge is -2.31. The summed E-state index contributed by atoms with van der Waals surface area (Å²) in [5.74, 6) is -0.128. The minimum absolute atomic E-state index is 0.0848. The van der Waals surface area contributed by atoms with Crippen molar-refractivity contribution < 1.29 is 28.9 Å². The fourth-order valence-electron chi connectivity index (χ4n) is 5.42. The van der Waals surface area contributed by atoms with E-state index in [1.54, 1.807) is 29.2 Å². The average Bonchev–Trinajstić information content (AvgIpc) is 3.31. The zero-order valence-corrected chi connectivity index (χ0v) is 24.7. The number of carbonyl (C=O) groups excluding carboxylic acids is 2. The van der Waals surface area contributed by atoms with E-state index in [1.807, 2.05) is 54.6 Å². The van der Waals surface area contributed by atoms with Crippen LogP contribution in [0, 0.1) is 0 Å². The monoisotopic (exact) mass is 584 g/mol. The maximum absolute atomic E-state index is 13.5. The van der Waals surface area contributed by atoms with Gasteiger partial charge in [0.05, 0.1) is 31.4 Å². The third-order valence-corrected chi connectivity index (χ3v) is 7.89. The number of ether oxygens (including phenoxy) is 3. The van der Waals surface area contributed by atoms with Gasteiger partial charge in [0.15, 0.2) is 0 Å². The van der Waals surface area contributed by atoms with Crippen molar-refractivity contribution in [3.8, 4) is 11.5 Å². The summed E-state index contributed by atoms with van der Waals surface area (Å²) in [5.41, 5.74) is 2.32. The SMILES string of the molecule is CCCCCOc1ccc(C2C(=C(O)c3ccc(OCc4ccccc4)cc3)C(=O)C(=O)N2CCN2CCOCC2)cc1. The average molecular weight is 585 g/mol. The first-order valence-electron chi connectivity index (χ1n) is 15.1. The first-order valence-corrected chi connectivity index (χ1v) is 15.1. The van der Waals surface area contributed by atoms with Crippen LogP contribution in [0.1, 0.15) is 48.9 Å². The minimum atomic E-state index is -0.718. The molecule has 2 aliphatic heterocycles. The van der Waals surface area contributed by atoms with Crippen LogP contribution in [0.4, 0.5) is 0 Å². The van der Waals surface area contributed by atoms with Crippen LogP contribution in [-0.2, 0) is 20.9 Å². The molecule has 0 aliphatic carbocycles. The highest BCUT2D eigenvalue weighted by Gasteiger charge is 2.46. The van der Waals surface area contributed by atoms with Gasteiger partial charge in [0.25, 0.3) is 11.7 Å². The first kappa shape index (κ1) is 30.3. The van der Waals surface area contributed by atoms with Crippen molar-refractivity contribution >= 4 is 17.4 Å². The quantitative estimate of drug-likeness (QED) is 0.121. The molecule has 2 aliphatic rings. The van der Waals surface area contributed by atoms with E-state index in [9.17, 15) is 14.7 Å². The number of amides is 1. The Morgan fingerprint density at radius 3 is 2.23 bits per heavy atom. The molecule has 0 saturated carbocycles. The summed E-state index contributed by atoms with van der Waals surface area (Å²) >= 11 is 0. The molecule has 8 heteroatoms. The van der Waals surface area contributed by atoms with Crippen molar-refractivity contribution in [1.82, 2.24) is 9.80 Å². The van der Waals surface area contributed by atoms with Gasteiger partial charge in [-0.1, -0.05) is 62.2 Å². The molecule has 1 unspecified atom stereocenters. The molecule has 1 amide bonds. The highest BCUT2D eigenvalue weighted by molar-refractivity contribution is 6.46. The Labute approximate surface area is 253 Å². The van der Waals surface area contributed by atoms with E-state index < -0.39 is 17.7 Å². The number of carbonyl (C=O) groups is 2. The predicted octanol–water partition coefficient (Wildman–Crippen LogP) is 5.59. The number of likely N-dealkylation sites (tertiary alicyclic amines) is 1. The molecule has 1 N–H and O–H groups in total. The summed E-state index contributed by atoms with van der Waals surface area (Å²) in [5, 5.41) is 11.5. The van der Waals surface area contributed by atoms with E-state index in [-0.39, 0.29) is 11.3 Å². The third kappa shape index (κ3) is 7.63. The predicted molar refractivity (Wildman–Crippen MR) is 165 cm³/mol. The Balaban J connectivity index is 1.39. The number of nitrogens with zero attached hydrogens (tertiary/aromatic N) is 2. The lowest BCUT2D eigenvalue weighted by Crippen LogP contribution is -2.42. The van der Waals surface area contributed by atoms with Crippen LogP contribution in [0.2, 0.25) is 0 Å². The molecule has 0 bridgehead atoms. The zero-order valence-electron chi connectivity index (χ0n) is 24.7. The van der Waals surface area contributed by atoms with Crippen molar-refractivity contribution in [1.29, 1.82) is 0 Å². The van der Waals surface area contributed by atoms with Crippen molar-refractivity contribution in [3.63, 3.8) is 0 Å². The van der Waals surface area contributed by atoms with Gasteiger partial charge in [0.2, 0.25) is 0 Å². The van der Waals surface area contributed by atoms with Crippen LogP contribution in [-0.4, -0.2) is 72.6 Å². The number of hydrogen-bond donors (Lipinski definition) is 1. The summed E-state index contributed by atoms with van der Waals surface area (Å²) < 4.78 is 17.2. The number of aliphatic hydroxyl groups is 1. The molecule has 1 atom stereocenters. The van der Waals surface area contributed by atoms with E-state index in [2.05, 4.69) is 11.8 Å². The van der Waals surface area contributed by atoms with Gasteiger partial charge in [0.1, 0.15) is 23.9 Å². The number of benzene rings is 3. The van der Waals surface area contributed by atoms with Crippen molar-refractivity contribution in [2.24, 2.45) is 0 Å². The van der Waals surface area contributed by atoms with Crippen LogP contribution < -0.4 is 9.47 Å². The van der Waals surface area contributed by atoms with Crippen LogP contribution in [0.25, 0.3) is 5.76 Å². The summed E-state index contributed by atoms with van der Waals surface area (Å²) in [6.07, 6.45) is 3.21. The van der Waals surface area contributed by atoms with Crippen molar-refractivity contribution in [2.75, 3.05) is 46.0 Å². The van der Waals surface area contributed by atoms with Gasteiger partial charge >= 0.3 is 0 Å². The van der Waals surface area contributed by atoms with Gasteiger partial charge in [-0.3, -0.25) is 14.5 Å². The lowest BCUT2D eigenvalue weighted by atomic mass is 9.95. The van der Waals surface area contributed by atoms with E-state index in [4.69, 9.17) is 14.2 Å². The fraction of sp³-hybridized carbons (Fsp3) is 0.371. The molecule has 3 aromatic carbocycles. The van der Waals surface area contributed by atoms with E-state index in [1.165, 1.54) is 0 Å². The van der Waals surface area contributed by atoms with Gasteiger partial charge in [-0.15, -0.1) is 0 Å². The van der Waals surface area contributed by atoms with Crippen LogP contribution >= 0.6 is 0 Å². The molecule has 2 fully saturated rings. The normalized spacial score (nSPS) is 18.6. The summed E-state index contributed by atoms with van der Waals surface area (Å²) in [6, 6.07) is 23.5. The molecule has 2 saturated heterocycles. The van der Waals surface area contributed by atoms with Gasteiger partial charge in [-0.05, 0) is 53.9 Å². The Bertz CT molecular complexity index is 1380. The Hall–Kier alpha value is -4.14. The van der Waals surface area contributed by atoms with Crippen LogP contribution in [0.15, 0.2) is 84.4 Å². The van der Waals surface area contributed by atoms with Gasteiger partial charge < -0.3 is 24.2 Å². The number of ketones is 1. The molecular weight excluding hydrogens is 544 g/mol. The summed E-state index contributed by atoms with van der Waals surface area (Å²) in [7, 11) is 0. The molecule has 0 radical (unpaired) electrons. The maximum atomic E-state index is 13.5. The Morgan fingerprint density at radius 1 is 0.860 bits per heavy atom. The van der Waals surface area contributed by atoms with Crippen LogP contribution in [0.5, 0.6) is 11.5 Å². The number of unbranched alkanes of at least 4 members (excludes halogenated alkanes) is 2. The number of rotatable bonds is 13. The summed E-state index contributed by atoms with van der Waals surface area (Å²) in [4.78, 5) is 30.7. The number of hydrogen-bond acceptors (Lipinski definition) is 7. The molecule has 0 aromatic heterocycles. The van der Waals surface area contributed by atoms with E-state index in [0.717, 1.165) is 49.2 Å². The molecular formula is C35H40N2O6. The van der Waals surface area contributed by atoms with E-state index in [0.29, 0.717) is 50.8 Å². The standard InChI is InChI=1S/C35H40N2O6/c1-2-3-7-22-42-29-14-10-27(11-15-29)32-31(34(39)35(40)37(32)19-18-36-20-23-41-24-21-36)33(38)28-12-16-30(17-13-28)43-25-26-8-5-4-6-9-26/h4-6,8-17,32,38H,2-3,7,18-25H2,1H3. The topological polar surface area (TPSA) is 88.5 Å². The van der Waals surface area contributed by atoms with Crippen LogP contribution in [0.3, 0.4) is 0 Å². The molecule has 5 rings (SSSR count). The van der Waals surface area contributed by atoms with Crippen molar-refractivity contribution in [2.45, 2.75) is 38.8 Å².